The van der Waals surface area contributed by atoms with E-state index >= 15 is 0 Å². The molecule has 3 rings (SSSR count). The predicted octanol–water partition coefficient (Wildman–Crippen LogP) is 5.32. The maximum Gasteiger partial charge on any atom is 2.00 e. The van der Waals surface area contributed by atoms with Gasteiger partial charge in [-0.3, -0.25) is 10.2 Å². The van der Waals surface area contributed by atoms with Crippen LogP contribution in [0.1, 0.15) is 71.1 Å². The minimum absolute atomic E-state index is 0. The third-order valence-electron chi connectivity index (χ3n) is 5.40. The molecule has 0 saturated carbocycles. The molecule has 3 aromatic rings. The Labute approximate surface area is 239 Å². The zero-order chi connectivity index (χ0) is 28.5. The van der Waals surface area contributed by atoms with Crippen molar-refractivity contribution in [2.24, 2.45) is 17.3 Å². The number of nitrogens with zero attached hydrogens (tertiary/aromatic N) is 9. The van der Waals surface area contributed by atoms with Gasteiger partial charge in [0.2, 0.25) is 10.0 Å². The minimum Gasteiger partial charge on any atom is -0.493 e. The fourth-order valence-electron chi connectivity index (χ4n) is 3.44. The van der Waals surface area contributed by atoms with E-state index in [0.29, 0.717) is 5.69 Å². The monoisotopic (exact) mass is 598 g/mol. The molecule has 209 valence electrons. The van der Waals surface area contributed by atoms with Crippen LogP contribution in [-0.2, 0) is 45.0 Å². The topological polar surface area (TPSA) is 175 Å². The first-order chi connectivity index (χ1) is 17.6. The summed E-state index contributed by atoms with van der Waals surface area (Å²) in [6.07, 6.45) is 0. The molecule has 2 aromatic heterocycles. The van der Waals surface area contributed by atoms with Crippen molar-refractivity contribution in [1.29, 1.82) is 10.5 Å². The maximum atomic E-state index is 13.7. The van der Waals surface area contributed by atoms with Gasteiger partial charge in [0.25, 0.3) is 0 Å². The Morgan fingerprint density at radius 2 is 1.77 bits per heavy atom. The largest absolute Gasteiger partial charge is 2.00 e. The number of benzene rings is 1. The van der Waals surface area contributed by atoms with E-state index in [2.05, 4.69) is 30.0 Å². The zero-order valence-electron chi connectivity index (χ0n) is 22.9. The van der Waals surface area contributed by atoms with Crippen molar-refractivity contribution in [3.8, 4) is 17.9 Å². The summed E-state index contributed by atoms with van der Waals surface area (Å²) in [4.78, 5) is 7.69. The van der Waals surface area contributed by atoms with Gasteiger partial charge in [-0.25, -0.2) is 13.5 Å². The first-order valence-electron chi connectivity index (χ1n) is 11.7. The second-order valence-electron chi connectivity index (χ2n) is 10.4. The average Bonchev–Trinajstić information content (AvgIpc) is 3.37. The fourth-order valence-corrected chi connectivity index (χ4v) is 4.63. The van der Waals surface area contributed by atoms with Gasteiger partial charge in [0.15, 0.2) is 0 Å². The first kappa shape index (κ1) is 31.5. The molecule has 0 saturated heterocycles. The van der Waals surface area contributed by atoms with Gasteiger partial charge < -0.3 is 24.1 Å². The molecule has 0 aliphatic rings. The van der Waals surface area contributed by atoms with Crippen LogP contribution in [-0.4, -0.2) is 29.8 Å². The number of imidazole rings is 1. The Morgan fingerprint density at radius 3 is 2.28 bits per heavy atom. The number of nitriles is 2. The number of hydrogen-bond donors (Lipinski definition) is 0. The van der Waals surface area contributed by atoms with Gasteiger partial charge in [-0.05, 0) is 42.9 Å². The van der Waals surface area contributed by atoms with Crippen molar-refractivity contribution in [3.63, 3.8) is 0 Å². The maximum absolute atomic E-state index is 13.7. The molecule has 0 fully saturated rings. The quantitative estimate of drug-likeness (QED) is 0.259. The summed E-state index contributed by atoms with van der Waals surface area (Å²) in [6.45, 7) is 13.6. The molecule has 14 heteroatoms. The predicted molar refractivity (Wildman–Crippen MR) is 140 cm³/mol. The van der Waals surface area contributed by atoms with Gasteiger partial charge in [0.1, 0.15) is 22.8 Å². The molecule has 0 atom stereocenters. The van der Waals surface area contributed by atoms with Crippen LogP contribution in [0.4, 0.5) is 17.5 Å². The summed E-state index contributed by atoms with van der Waals surface area (Å²) in [5.41, 5.74) is 0.0786. The Balaban J connectivity index is 0.00000533. The second-order valence-corrected chi connectivity index (χ2v) is 12.0. The summed E-state index contributed by atoms with van der Waals surface area (Å²) >= 11 is 0. The van der Waals surface area contributed by atoms with Crippen molar-refractivity contribution in [3.05, 3.63) is 45.6 Å². The second kappa shape index (κ2) is 11.6. The SMILES string of the molecule is CCOc1ccc(C(C)(C)C)cc1S(=O)(=O)[N-]c1c(N=Nc2nc(C#N)c(C#N)[n-]2)c(C(C)(C)C)nn1C.[Cu+2]. The molecule has 0 spiro atoms. The standard InChI is InChI=1S/C25H29N9O3S.Cu/c1-9-37-18-11-10-15(24(2,3)4)12-19(18)38(35,36)33-22-20(21(25(5,6)7)32-34(22)8)30-31-23-28-16(13-26)17(14-27)29-23;/h10-12H,9H2,1-8H3;/q-2;+2. The molecule has 0 aliphatic heterocycles. The molecule has 0 N–H and O–H groups in total. The molecule has 0 bridgehead atoms. The molecule has 39 heavy (non-hydrogen) atoms. The van der Waals surface area contributed by atoms with Gasteiger partial charge in [-0.1, -0.05) is 47.6 Å². The molecule has 1 aromatic carbocycles. The third-order valence-corrected chi connectivity index (χ3v) is 6.68. The van der Waals surface area contributed by atoms with Crippen LogP contribution < -0.4 is 9.72 Å². The zero-order valence-corrected chi connectivity index (χ0v) is 24.7. The molecule has 12 nitrogen and oxygen atoms in total. The fraction of sp³-hybridized carbons (Fsp3) is 0.440. The van der Waals surface area contributed by atoms with E-state index in [0.717, 1.165) is 5.56 Å². The van der Waals surface area contributed by atoms with Crippen molar-refractivity contribution in [2.45, 2.75) is 64.2 Å². The summed E-state index contributed by atoms with van der Waals surface area (Å²) in [7, 11) is -2.75. The van der Waals surface area contributed by atoms with E-state index in [1.807, 2.05) is 47.6 Å². The number of aromatic nitrogens is 4. The molecular weight excluding hydrogens is 570 g/mol. The van der Waals surface area contributed by atoms with Crippen molar-refractivity contribution in [2.75, 3.05) is 6.61 Å². The van der Waals surface area contributed by atoms with Crippen LogP contribution in [0.3, 0.4) is 0 Å². The van der Waals surface area contributed by atoms with Gasteiger partial charge in [-0.2, -0.15) is 10.5 Å². The van der Waals surface area contributed by atoms with Crippen LogP contribution in [0.2, 0.25) is 0 Å². The minimum atomic E-state index is -4.30. The molecule has 2 heterocycles. The summed E-state index contributed by atoms with van der Waals surface area (Å²) in [5.74, 6) is -0.0918. The number of aryl methyl sites for hydroxylation is 1. The van der Waals surface area contributed by atoms with Crippen LogP contribution in [0.5, 0.6) is 5.75 Å². The van der Waals surface area contributed by atoms with Crippen LogP contribution in [0, 0.1) is 22.7 Å². The Kier molecular flexibility index (Phi) is 9.35. The van der Waals surface area contributed by atoms with E-state index in [9.17, 15) is 8.42 Å². The molecule has 0 aliphatic carbocycles. The summed E-state index contributed by atoms with van der Waals surface area (Å²) < 4.78 is 38.4. The van der Waals surface area contributed by atoms with Crippen LogP contribution in [0.25, 0.3) is 4.72 Å². The number of rotatable bonds is 7. The Hall–Kier alpha value is -3.71. The van der Waals surface area contributed by atoms with E-state index in [1.54, 1.807) is 38.2 Å². The van der Waals surface area contributed by atoms with E-state index in [4.69, 9.17) is 15.3 Å². The number of azo groups is 1. The van der Waals surface area contributed by atoms with Gasteiger partial charge >= 0.3 is 17.1 Å². The van der Waals surface area contributed by atoms with Crippen molar-refractivity contribution >= 4 is 27.5 Å². The van der Waals surface area contributed by atoms with Gasteiger partial charge in [-0.15, -0.1) is 0 Å². The van der Waals surface area contributed by atoms with Gasteiger partial charge in [0.05, 0.1) is 29.4 Å². The van der Waals surface area contributed by atoms with E-state index in [-0.39, 0.29) is 68.6 Å². The van der Waals surface area contributed by atoms with E-state index in [1.165, 1.54) is 4.68 Å². The smallest absolute Gasteiger partial charge is 0.493 e. The molecule has 0 unspecified atom stereocenters. The summed E-state index contributed by atoms with van der Waals surface area (Å²) in [6, 6.07) is 8.57. The molecule has 0 amide bonds. The average molecular weight is 599 g/mol. The number of sulfonamides is 1. The number of ether oxygens (including phenoxy) is 1. The number of hydrogen-bond acceptors (Lipinski definition) is 9. The van der Waals surface area contributed by atoms with E-state index < -0.39 is 15.4 Å². The third kappa shape index (κ3) is 6.84. The Morgan fingerprint density at radius 1 is 1.10 bits per heavy atom. The van der Waals surface area contributed by atoms with Gasteiger partial charge in [0, 0.05) is 11.4 Å². The first-order valence-corrected chi connectivity index (χ1v) is 13.2. The normalized spacial score (nSPS) is 12.1. The van der Waals surface area contributed by atoms with Crippen LogP contribution >= 0.6 is 0 Å². The molecule has 1 radical (unpaired) electrons. The Bertz CT molecular complexity index is 1550. The molecular formula is C25H29CuN9O3S. The van der Waals surface area contributed by atoms with Crippen molar-refractivity contribution in [1.82, 2.24) is 19.7 Å². The summed E-state index contributed by atoms with van der Waals surface area (Å²) in [5, 5.41) is 30.9. The van der Waals surface area contributed by atoms with Crippen molar-refractivity contribution < 1.29 is 30.2 Å². The van der Waals surface area contributed by atoms with Crippen LogP contribution in [0.15, 0.2) is 33.3 Å².